The second kappa shape index (κ2) is 5.95. The van der Waals surface area contributed by atoms with Crippen molar-refractivity contribution >= 4 is 27.5 Å². The van der Waals surface area contributed by atoms with E-state index in [1.54, 1.807) is 12.1 Å². The van der Waals surface area contributed by atoms with Gasteiger partial charge in [-0.1, -0.05) is 30.3 Å². The maximum absolute atomic E-state index is 12.9. The van der Waals surface area contributed by atoms with E-state index in [0.717, 1.165) is 5.56 Å². The van der Waals surface area contributed by atoms with Gasteiger partial charge in [-0.2, -0.15) is 0 Å². The quantitative estimate of drug-likeness (QED) is 0.911. The van der Waals surface area contributed by atoms with Crippen LogP contribution in [0.1, 0.15) is 11.6 Å². The van der Waals surface area contributed by atoms with Crippen LogP contribution in [0, 0.1) is 5.82 Å². The lowest BCUT2D eigenvalue weighted by atomic mass is 10.1. The number of carbonyl (C=O) groups excluding carboxylic acids is 1. The first-order valence-electron chi connectivity index (χ1n) is 5.64. The molecular formula is C14H12BrFN2O. The van der Waals surface area contributed by atoms with Gasteiger partial charge in [0.05, 0.1) is 5.69 Å². The number of benzene rings is 2. The number of nitrogens with one attached hydrogen (secondary N) is 1. The van der Waals surface area contributed by atoms with Crippen LogP contribution in [0.4, 0.5) is 10.1 Å². The van der Waals surface area contributed by atoms with Gasteiger partial charge in [-0.15, -0.1) is 0 Å². The Balaban J connectivity index is 2.13. The zero-order valence-electron chi connectivity index (χ0n) is 9.94. The first-order valence-corrected chi connectivity index (χ1v) is 6.43. The third kappa shape index (κ3) is 3.39. The van der Waals surface area contributed by atoms with Crippen LogP contribution in [-0.4, -0.2) is 5.91 Å². The van der Waals surface area contributed by atoms with Crippen LogP contribution in [0.3, 0.4) is 0 Å². The number of rotatable bonds is 3. The van der Waals surface area contributed by atoms with Crippen molar-refractivity contribution in [3.05, 3.63) is 64.4 Å². The molecule has 5 heteroatoms. The minimum Gasteiger partial charge on any atom is -0.323 e. The maximum Gasteiger partial charge on any atom is 0.245 e. The van der Waals surface area contributed by atoms with Crippen molar-refractivity contribution < 1.29 is 9.18 Å². The fraction of sp³-hybridized carbons (Fsp3) is 0.0714. The third-order valence-electron chi connectivity index (χ3n) is 2.63. The molecule has 1 amide bonds. The Morgan fingerprint density at radius 3 is 2.53 bits per heavy atom. The number of halogens is 2. The summed E-state index contributed by atoms with van der Waals surface area (Å²) >= 11 is 3.19. The molecule has 0 saturated carbocycles. The summed E-state index contributed by atoms with van der Waals surface area (Å²) in [6.45, 7) is 0. The number of carbonyl (C=O) groups is 1. The van der Waals surface area contributed by atoms with Crippen LogP contribution in [0.15, 0.2) is 53.0 Å². The average molecular weight is 323 g/mol. The highest BCUT2D eigenvalue weighted by Crippen LogP contribution is 2.24. The molecule has 2 aromatic rings. The fourth-order valence-electron chi connectivity index (χ4n) is 1.61. The topological polar surface area (TPSA) is 55.1 Å². The van der Waals surface area contributed by atoms with Gasteiger partial charge in [0, 0.05) is 4.47 Å². The van der Waals surface area contributed by atoms with Crippen molar-refractivity contribution in [1.29, 1.82) is 0 Å². The summed E-state index contributed by atoms with van der Waals surface area (Å²) in [5.74, 6) is -0.726. The Morgan fingerprint density at radius 1 is 1.21 bits per heavy atom. The van der Waals surface area contributed by atoms with Crippen molar-refractivity contribution in [1.82, 2.24) is 0 Å². The fourth-order valence-corrected chi connectivity index (χ4v) is 2.06. The summed E-state index contributed by atoms with van der Waals surface area (Å²) < 4.78 is 13.4. The molecule has 2 rings (SSSR count). The Kier molecular flexibility index (Phi) is 4.29. The number of hydrogen-bond donors (Lipinski definition) is 2. The standard InChI is InChI=1S/C14H12BrFN2O/c15-11-8-10(16)6-7-12(11)18-14(19)13(17)9-4-2-1-3-5-9/h1-8,13H,17H2,(H,18,19). The van der Waals surface area contributed by atoms with E-state index in [-0.39, 0.29) is 11.7 Å². The molecule has 0 heterocycles. The molecule has 0 bridgehead atoms. The van der Waals surface area contributed by atoms with Crippen LogP contribution >= 0.6 is 15.9 Å². The first kappa shape index (κ1) is 13.7. The van der Waals surface area contributed by atoms with Crippen molar-refractivity contribution in [2.45, 2.75) is 6.04 Å². The van der Waals surface area contributed by atoms with Crippen molar-refractivity contribution in [2.75, 3.05) is 5.32 Å². The Hall–Kier alpha value is -1.72. The van der Waals surface area contributed by atoms with E-state index in [4.69, 9.17) is 5.73 Å². The molecule has 2 aromatic carbocycles. The van der Waals surface area contributed by atoms with Crippen LogP contribution < -0.4 is 11.1 Å². The molecule has 0 aliphatic heterocycles. The lowest BCUT2D eigenvalue weighted by Crippen LogP contribution is -2.27. The largest absolute Gasteiger partial charge is 0.323 e. The molecule has 0 saturated heterocycles. The summed E-state index contributed by atoms with van der Waals surface area (Å²) in [4.78, 5) is 12.0. The van der Waals surface area contributed by atoms with E-state index in [2.05, 4.69) is 21.2 Å². The molecule has 0 aliphatic rings. The zero-order valence-corrected chi connectivity index (χ0v) is 11.5. The van der Waals surface area contributed by atoms with Crippen LogP contribution in [-0.2, 0) is 4.79 Å². The third-order valence-corrected chi connectivity index (χ3v) is 3.29. The van der Waals surface area contributed by atoms with E-state index in [1.807, 2.05) is 18.2 Å². The second-order valence-electron chi connectivity index (χ2n) is 4.00. The van der Waals surface area contributed by atoms with Gasteiger partial charge in [0.25, 0.3) is 0 Å². The number of anilines is 1. The lowest BCUT2D eigenvalue weighted by molar-refractivity contribution is -0.117. The molecule has 0 radical (unpaired) electrons. The summed E-state index contributed by atoms with van der Waals surface area (Å²) in [6.07, 6.45) is 0. The minimum absolute atomic E-state index is 0.349. The monoisotopic (exact) mass is 322 g/mol. The van der Waals surface area contributed by atoms with Gasteiger partial charge in [0.1, 0.15) is 11.9 Å². The highest BCUT2D eigenvalue weighted by Gasteiger charge is 2.16. The molecule has 1 unspecified atom stereocenters. The summed E-state index contributed by atoms with van der Waals surface area (Å²) in [5.41, 5.74) is 7.07. The van der Waals surface area contributed by atoms with Gasteiger partial charge >= 0.3 is 0 Å². The van der Waals surface area contributed by atoms with Gasteiger partial charge in [-0.05, 0) is 39.7 Å². The van der Waals surface area contributed by atoms with Gasteiger partial charge in [-0.3, -0.25) is 4.79 Å². The van der Waals surface area contributed by atoms with Gasteiger partial charge in [0.2, 0.25) is 5.91 Å². The molecule has 0 spiro atoms. The van der Waals surface area contributed by atoms with Crippen molar-refractivity contribution in [2.24, 2.45) is 5.73 Å². The summed E-state index contributed by atoms with van der Waals surface area (Å²) in [7, 11) is 0. The molecular weight excluding hydrogens is 311 g/mol. The molecule has 1 atom stereocenters. The molecule has 19 heavy (non-hydrogen) atoms. The lowest BCUT2D eigenvalue weighted by Gasteiger charge is -2.13. The van der Waals surface area contributed by atoms with Crippen LogP contribution in [0.2, 0.25) is 0 Å². The van der Waals surface area contributed by atoms with E-state index in [9.17, 15) is 9.18 Å². The van der Waals surface area contributed by atoms with E-state index in [0.29, 0.717) is 10.2 Å². The predicted octanol–water partition coefficient (Wildman–Crippen LogP) is 3.23. The van der Waals surface area contributed by atoms with Crippen LogP contribution in [0.5, 0.6) is 0 Å². The van der Waals surface area contributed by atoms with Crippen molar-refractivity contribution in [3.63, 3.8) is 0 Å². The van der Waals surface area contributed by atoms with E-state index >= 15 is 0 Å². The highest BCUT2D eigenvalue weighted by molar-refractivity contribution is 9.10. The Bertz CT molecular complexity index is 589. The molecule has 0 aliphatic carbocycles. The molecule has 0 aromatic heterocycles. The minimum atomic E-state index is -0.766. The van der Waals surface area contributed by atoms with Crippen molar-refractivity contribution in [3.8, 4) is 0 Å². The smallest absolute Gasteiger partial charge is 0.245 e. The molecule has 3 N–H and O–H groups in total. The van der Waals surface area contributed by atoms with Gasteiger partial charge in [0.15, 0.2) is 0 Å². The maximum atomic E-state index is 12.9. The molecule has 3 nitrogen and oxygen atoms in total. The van der Waals surface area contributed by atoms with Gasteiger partial charge < -0.3 is 11.1 Å². The SMILES string of the molecule is NC(C(=O)Nc1ccc(F)cc1Br)c1ccccc1. The van der Waals surface area contributed by atoms with E-state index < -0.39 is 6.04 Å². The highest BCUT2D eigenvalue weighted by atomic mass is 79.9. The zero-order chi connectivity index (χ0) is 13.8. The predicted molar refractivity (Wildman–Crippen MR) is 76.1 cm³/mol. The Labute approximate surface area is 118 Å². The van der Waals surface area contributed by atoms with Crippen LogP contribution in [0.25, 0.3) is 0 Å². The molecule has 0 fully saturated rings. The summed E-state index contributed by atoms with van der Waals surface area (Å²) in [6, 6.07) is 12.3. The summed E-state index contributed by atoms with van der Waals surface area (Å²) in [5, 5.41) is 2.66. The molecule has 98 valence electrons. The van der Waals surface area contributed by atoms with Gasteiger partial charge in [-0.25, -0.2) is 4.39 Å². The average Bonchev–Trinajstić information content (AvgIpc) is 2.42. The normalized spacial score (nSPS) is 11.9. The Morgan fingerprint density at radius 2 is 1.89 bits per heavy atom. The second-order valence-corrected chi connectivity index (χ2v) is 4.86. The van der Waals surface area contributed by atoms with E-state index in [1.165, 1.54) is 18.2 Å². The first-order chi connectivity index (χ1) is 9.08. The number of amides is 1. The number of hydrogen-bond acceptors (Lipinski definition) is 2. The number of nitrogens with two attached hydrogens (primary N) is 1.